The topological polar surface area (TPSA) is 48.5 Å². The second-order valence-electron chi connectivity index (χ2n) is 5.89. The average molecular weight is 343 g/mol. The summed E-state index contributed by atoms with van der Waals surface area (Å²) >= 11 is 11.8. The molecule has 3 heterocycles. The van der Waals surface area contributed by atoms with Crippen LogP contribution in [0.2, 0.25) is 10.0 Å². The summed E-state index contributed by atoms with van der Waals surface area (Å²) < 4.78 is 0. The predicted octanol–water partition coefficient (Wildman–Crippen LogP) is 3.48. The first-order chi connectivity index (χ1) is 10.6. The van der Waals surface area contributed by atoms with Crippen molar-refractivity contribution in [2.75, 3.05) is 25.0 Å². The molecule has 0 aliphatic carbocycles. The van der Waals surface area contributed by atoms with Gasteiger partial charge in [0.15, 0.2) is 0 Å². The average Bonchev–Trinajstić information content (AvgIpc) is 2.78. The van der Waals surface area contributed by atoms with Crippen LogP contribution in [0.4, 0.5) is 10.6 Å². The molecule has 0 aromatic carbocycles. The number of fused-ring (bicyclic) bond motifs is 2. The van der Waals surface area contributed by atoms with Gasteiger partial charge in [0.1, 0.15) is 5.82 Å². The quantitative estimate of drug-likeness (QED) is 0.894. The van der Waals surface area contributed by atoms with E-state index in [0.717, 1.165) is 38.9 Å². The highest BCUT2D eigenvalue weighted by molar-refractivity contribution is 6.42. The lowest BCUT2D eigenvalue weighted by atomic mass is 10.1. The van der Waals surface area contributed by atoms with Gasteiger partial charge in [-0.3, -0.25) is 5.32 Å². The second kappa shape index (κ2) is 6.60. The van der Waals surface area contributed by atoms with Gasteiger partial charge in [0.25, 0.3) is 0 Å². The number of amides is 2. The molecule has 1 N–H and O–H groups in total. The van der Waals surface area contributed by atoms with Crippen molar-refractivity contribution in [1.29, 1.82) is 0 Å². The third-order valence-electron chi connectivity index (χ3n) is 4.59. The van der Waals surface area contributed by atoms with Crippen LogP contribution in [-0.2, 0) is 0 Å². The molecule has 2 bridgehead atoms. The van der Waals surface area contributed by atoms with Gasteiger partial charge in [0, 0.05) is 37.4 Å². The second-order valence-corrected chi connectivity index (χ2v) is 6.70. The van der Waals surface area contributed by atoms with Crippen LogP contribution >= 0.6 is 23.2 Å². The fourth-order valence-corrected chi connectivity index (χ4v) is 3.68. The van der Waals surface area contributed by atoms with Crippen LogP contribution in [0, 0.1) is 0 Å². The van der Waals surface area contributed by atoms with Crippen molar-refractivity contribution in [3.63, 3.8) is 0 Å². The molecular formula is C15H20Cl2N4O. The number of carbonyl (C=O) groups is 1. The SMILES string of the molecule is CCN1CCC2CCC(C1)N2C(=O)Nc1cc(Cl)c(Cl)cn1. The highest BCUT2D eigenvalue weighted by atomic mass is 35.5. The van der Waals surface area contributed by atoms with Crippen LogP contribution < -0.4 is 5.32 Å². The minimum absolute atomic E-state index is 0.0867. The first-order valence-corrected chi connectivity index (χ1v) is 8.46. The van der Waals surface area contributed by atoms with Crippen molar-refractivity contribution in [2.45, 2.75) is 38.3 Å². The van der Waals surface area contributed by atoms with Gasteiger partial charge in [0.2, 0.25) is 0 Å². The molecule has 5 nitrogen and oxygen atoms in total. The molecule has 2 aliphatic rings. The molecule has 120 valence electrons. The molecule has 22 heavy (non-hydrogen) atoms. The Morgan fingerprint density at radius 3 is 2.82 bits per heavy atom. The first-order valence-electron chi connectivity index (χ1n) is 7.71. The van der Waals surface area contributed by atoms with E-state index in [0.29, 0.717) is 21.9 Å². The number of halogens is 2. The Morgan fingerprint density at radius 2 is 2.09 bits per heavy atom. The van der Waals surface area contributed by atoms with Crippen LogP contribution in [0.1, 0.15) is 26.2 Å². The summed E-state index contributed by atoms with van der Waals surface area (Å²) in [5.74, 6) is 0.440. The van der Waals surface area contributed by atoms with Crippen LogP contribution in [0.15, 0.2) is 12.3 Å². The van der Waals surface area contributed by atoms with E-state index >= 15 is 0 Å². The van der Waals surface area contributed by atoms with Crippen molar-refractivity contribution >= 4 is 35.1 Å². The standard InChI is InChI=1S/C15H20Cl2N4O/c1-2-20-6-5-10-3-4-11(9-20)21(10)15(22)19-14-7-12(16)13(17)8-18-14/h7-8,10-11H,2-6,9H2,1H3,(H,18,19,22). The number of rotatable bonds is 2. The number of urea groups is 1. The number of aromatic nitrogens is 1. The Kier molecular flexibility index (Phi) is 4.76. The molecule has 0 spiro atoms. The van der Waals surface area contributed by atoms with Gasteiger partial charge >= 0.3 is 6.03 Å². The molecule has 0 saturated carbocycles. The van der Waals surface area contributed by atoms with Crippen molar-refractivity contribution in [3.05, 3.63) is 22.3 Å². The molecule has 2 fully saturated rings. The number of anilines is 1. The van der Waals surface area contributed by atoms with Gasteiger partial charge in [0.05, 0.1) is 10.0 Å². The normalized spacial score (nSPS) is 25.1. The number of hydrogen-bond acceptors (Lipinski definition) is 3. The fraction of sp³-hybridized carbons (Fsp3) is 0.600. The van der Waals surface area contributed by atoms with Gasteiger partial charge in [-0.1, -0.05) is 30.1 Å². The smallest absolute Gasteiger partial charge is 0.317 e. The summed E-state index contributed by atoms with van der Waals surface area (Å²) in [5.41, 5.74) is 0. The Bertz CT molecular complexity index is 568. The van der Waals surface area contributed by atoms with E-state index < -0.39 is 0 Å². The molecule has 0 radical (unpaired) electrons. The molecule has 1 aromatic rings. The lowest BCUT2D eigenvalue weighted by molar-refractivity contribution is 0.184. The Balaban J connectivity index is 1.72. The third kappa shape index (κ3) is 3.16. The first kappa shape index (κ1) is 15.8. The van der Waals surface area contributed by atoms with Gasteiger partial charge in [-0.2, -0.15) is 0 Å². The van der Waals surface area contributed by atoms with Crippen molar-refractivity contribution in [1.82, 2.24) is 14.8 Å². The van der Waals surface area contributed by atoms with Crippen molar-refractivity contribution < 1.29 is 4.79 Å². The zero-order valence-corrected chi connectivity index (χ0v) is 14.1. The van der Waals surface area contributed by atoms with Crippen molar-refractivity contribution in [2.24, 2.45) is 0 Å². The lowest BCUT2D eigenvalue weighted by Crippen LogP contribution is -2.45. The van der Waals surface area contributed by atoms with Gasteiger partial charge in [-0.25, -0.2) is 9.78 Å². The van der Waals surface area contributed by atoms with Gasteiger partial charge in [-0.15, -0.1) is 0 Å². The highest BCUT2D eigenvalue weighted by Gasteiger charge is 2.39. The largest absolute Gasteiger partial charge is 0.323 e. The maximum absolute atomic E-state index is 12.7. The summed E-state index contributed by atoms with van der Waals surface area (Å²) in [7, 11) is 0. The summed E-state index contributed by atoms with van der Waals surface area (Å²) in [6.07, 6.45) is 4.65. The predicted molar refractivity (Wildman–Crippen MR) is 88.7 cm³/mol. The van der Waals surface area contributed by atoms with Crippen molar-refractivity contribution in [3.8, 4) is 0 Å². The highest BCUT2D eigenvalue weighted by Crippen LogP contribution is 2.31. The zero-order chi connectivity index (χ0) is 15.7. The number of carbonyl (C=O) groups excluding carboxylic acids is 1. The van der Waals surface area contributed by atoms with Crippen LogP contribution in [-0.4, -0.2) is 52.5 Å². The Hall–Kier alpha value is -1.04. The van der Waals surface area contributed by atoms with Gasteiger partial charge < -0.3 is 9.80 Å². The Morgan fingerprint density at radius 1 is 1.32 bits per heavy atom. The zero-order valence-electron chi connectivity index (χ0n) is 12.6. The summed E-state index contributed by atoms with van der Waals surface area (Å²) in [6, 6.07) is 2.11. The van der Waals surface area contributed by atoms with E-state index in [-0.39, 0.29) is 12.1 Å². The number of likely N-dealkylation sites (tertiary alicyclic amines) is 1. The molecule has 1 aromatic heterocycles. The third-order valence-corrected chi connectivity index (χ3v) is 5.30. The number of likely N-dealkylation sites (N-methyl/N-ethyl adjacent to an activating group) is 1. The van der Waals surface area contributed by atoms with E-state index in [9.17, 15) is 4.79 Å². The number of nitrogens with one attached hydrogen (secondary N) is 1. The maximum Gasteiger partial charge on any atom is 0.323 e. The van der Waals surface area contributed by atoms with Crippen LogP contribution in [0.3, 0.4) is 0 Å². The molecule has 3 rings (SSSR count). The number of hydrogen-bond donors (Lipinski definition) is 1. The monoisotopic (exact) mass is 342 g/mol. The summed E-state index contributed by atoms with van der Waals surface area (Å²) in [4.78, 5) is 21.2. The molecule has 7 heteroatoms. The lowest BCUT2D eigenvalue weighted by Gasteiger charge is -2.28. The van der Waals surface area contributed by atoms with E-state index in [1.165, 1.54) is 6.20 Å². The van der Waals surface area contributed by atoms with E-state index in [1.807, 2.05) is 4.90 Å². The Labute approximate surface area is 140 Å². The summed E-state index contributed by atoms with van der Waals surface area (Å²) in [6.45, 7) is 5.22. The molecule has 2 atom stereocenters. The molecule has 2 amide bonds. The van der Waals surface area contributed by atoms with E-state index in [1.54, 1.807) is 6.07 Å². The minimum atomic E-state index is -0.0867. The van der Waals surface area contributed by atoms with E-state index in [2.05, 4.69) is 22.1 Å². The summed E-state index contributed by atoms with van der Waals surface area (Å²) in [5, 5.41) is 3.63. The molecule has 2 aliphatic heterocycles. The molecule has 2 unspecified atom stereocenters. The number of pyridine rings is 1. The number of nitrogens with zero attached hydrogens (tertiary/aromatic N) is 3. The van der Waals surface area contributed by atoms with Gasteiger partial charge in [-0.05, 0) is 25.8 Å². The minimum Gasteiger partial charge on any atom is -0.317 e. The van der Waals surface area contributed by atoms with Crippen LogP contribution in [0.5, 0.6) is 0 Å². The van der Waals surface area contributed by atoms with E-state index in [4.69, 9.17) is 23.2 Å². The maximum atomic E-state index is 12.7. The van der Waals surface area contributed by atoms with Crippen LogP contribution in [0.25, 0.3) is 0 Å². The molecular weight excluding hydrogens is 323 g/mol. The molecule has 2 saturated heterocycles. The fourth-order valence-electron chi connectivity index (χ4n) is 3.42.